The summed E-state index contributed by atoms with van der Waals surface area (Å²) in [4.78, 5) is 27.2. The number of anilines is 2. The van der Waals surface area contributed by atoms with Crippen LogP contribution in [-0.2, 0) is 16.1 Å². The van der Waals surface area contributed by atoms with Gasteiger partial charge in [-0.05, 0) is 32.9 Å². The molecule has 0 aliphatic carbocycles. The molecule has 1 aromatic heterocycles. The summed E-state index contributed by atoms with van der Waals surface area (Å²) in [7, 11) is 0. The van der Waals surface area contributed by atoms with Gasteiger partial charge in [0.05, 0.1) is 17.6 Å². The van der Waals surface area contributed by atoms with Crippen LogP contribution < -0.4 is 15.0 Å². The number of rotatable bonds is 4. The second kappa shape index (κ2) is 5.99. The molecule has 0 fully saturated rings. The minimum atomic E-state index is -1.63. The molecule has 1 aromatic carbocycles. The topological polar surface area (TPSA) is 76.5 Å². The summed E-state index contributed by atoms with van der Waals surface area (Å²) in [6.07, 6.45) is 3.25. The quantitative estimate of drug-likeness (QED) is 0.872. The lowest BCUT2D eigenvalue weighted by molar-refractivity contribution is -0.145. The molecule has 2 heterocycles. The smallest absolute Gasteiger partial charge is 0.280 e. The minimum Gasteiger partial charge on any atom is -0.465 e. The van der Waals surface area contributed by atoms with Gasteiger partial charge in [0.25, 0.3) is 17.4 Å². The monoisotopic (exact) mass is 328 g/mol. The first-order chi connectivity index (χ1) is 11.5. The molecule has 7 heteroatoms. The molecule has 24 heavy (non-hydrogen) atoms. The maximum Gasteiger partial charge on any atom is 0.280 e. The van der Waals surface area contributed by atoms with Gasteiger partial charge in [-0.15, -0.1) is 0 Å². The van der Waals surface area contributed by atoms with Crippen LogP contribution in [0.25, 0.3) is 0 Å². The Balaban J connectivity index is 1.91. The Bertz CT molecular complexity index is 786. The van der Waals surface area contributed by atoms with Gasteiger partial charge in [0, 0.05) is 19.3 Å². The number of ether oxygens (including phenoxy) is 1. The zero-order valence-electron chi connectivity index (χ0n) is 13.9. The minimum absolute atomic E-state index is 0.385. The zero-order chi connectivity index (χ0) is 17.3. The summed E-state index contributed by atoms with van der Waals surface area (Å²) in [5, 5.41) is 6.83. The maximum atomic E-state index is 12.9. The number of nitrogens with zero attached hydrogens (tertiary/aromatic N) is 3. The normalized spacial score (nSPS) is 19.6. The Morgan fingerprint density at radius 1 is 1.29 bits per heavy atom. The Hall–Kier alpha value is -2.83. The number of likely N-dealkylation sites (N-methyl/N-ethyl adjacent to an activating group) is 1. The van der Waals surface area contributed by atoms with E-state index < -0.39 is 11.5 Å². The summed E-state index contributed by atoms with van der Waals surface area (Å²) in [5.74, 6) is -0.388. The third-order valence-electron chi connectivity index (χ3n) is 4.09. The van der Waals surface area contributed by atoms with Crippen molar-refractivity contribution in [3.8, 4) is 5.75 Å². The van der Waals surface area contributed by atoms with Gasteiger partial charge in [-0.2, -0.15) is 5.10 Å². The first-order valence-electron chi connectivity index (χ1n) is 7.93. The molecule has 7 nitrogen and oxygen atoms in total. The number of aryl methyl sites for hydroxylation is 1. The van der Waals surface area contributed by atoms with Crippen molar-refractivity contribution >= 4 is 23.2 Å². The van der Waals surface area contributed by atoms with E-state index in [1.807, 2.05) is 26.0 Å². The van der Waals surface area contributed by atoms with E-state index in [9.17, 15) is 9.59 Å². The van der Waals surface area contributed by atoms with Gasteiger partial charge < -0.3 is 15.0 Å². The van der Waals surface area contributed by atoms with Crippen molar-refractivity contribution in [1.29, 1.82) is 0 Å². The predicted molar refractivity (Wildman–Crippen MR) is 90.0 cm³/mol. The number of carbonyl (C=O) groups excluding carboxylic acids is 2. The zero-order valence-corrected chi connectivity index (χ0v) is 13.9. The van der Waals surface area contributed by atoms with Gasteiger partial charge in [0.2, 0.25) is 0 Å². The fourth-order valence-corrected chi connectivity index (χ4v) is 2.71. The van der Waals surface area contributed by atoms with Crippen molar-refractivity contribution < 1.29 is 14.3 Å². The average Bonchev–Trinajstić information content (AvgIpc) is 3.03. The second-order valence-corrected chi connectivity index (χ2v) is 5.69. The molecule has 2 amide bonds. The molecule has 126 valence electrons. The summed E-state index contributed by atoms with van der Waals surface area (Å²) in [6.45, 7) is 6.45. The number of nitrogens with one attached hydrogen (secondary N) is 1. The number of fused-ring (bicyclic) bond motifs is 1. The Morgan fingerprint density at radius 3 is 2.71 bits per heavy atom. The maximum absolute atomic E-state index is 12.9. The summed E-state index contributed by atoms with van der Waals surface area (Å²) in [6, 6.07) is 7.21. The SMILES string of the molecule is CCN1C(=O)C(C)(C(=O)Nc2cnn(CC)c2)Oc2ccccc21. The van der Waals surface area contributed by atoms with Crippen LogP contribution >= 0.6 is 0 Å². The van der Waals surface area contributed by atoms with Crippen LogP contribution in [0.15, 0.2) is 36.7 Å². The van der Waals surface area contributed by atoms with Gasteiger partial charge in [-0.25, -0.2) is 0 Å². The van der Waals surface area contributed by atoms with Crippen LogP contribution in [0.1, 0.15) is 20.8 Å². The summed E-state index contributed by atoms with van der Waals surface area (Å²) in [5.41, 5.74) is -0.422. The van der Waals surface area contributed by atoms with E-state index in [1.165, 1.54) is 6.92 Å². The van der Waals surface area contributed by atoms with Crippen LogP contribution in [0, 0.1) is 0 Å². The Labute approximate surface area is 140 Å². The number of hydrogen-bond acceptors (Lipinski definition) is 4. The van der Waals surface area contributed by atoms with E-state index in [1.54, 1.807) is 34.1 Å². The van der Waals surface area contributed by atoms with E-state index in [-0.39, 0.29) is 5.91 Å². The molecule has 1 aliphatic rings. The number of hydrogen-bond donors (Lipinski definition) is 1. The van der Waals surface area contributed by atoms with Crippen molar-refractivity contribution in [3.63, 3.8) is 0 Å². The van der Waals surface area contributed by atoms with Crippen molar-refractivity contribution in [2.45, 2.75) is 32.9 Å². The molecule has 0 radical (unpaired) electrons. The number of aromatic nitrogens is 2. The lowest BCUT2D eigenvalue weighted by atomic mass is 10.00. The van der Waals surface area contributed by atoms with Crippen LogP contribution in [0.2, 0.25) is 0 Å². The highest BCUT2D eigenvalue weighted by molar-refractivity contribution is 6.19. The standard InChI is InChI=1S/C17H20N4O3/c1-4-20-11-12(10-18-20)19-15(22)17(3)16(23)21(5-2)13-8-6-7-9-14(13)24-17/h6-11H,4-5H2,1-3H3,(H,19,22). The Morgan fingerprint density at radius 2 is 2.04 bits per heavy atom. The summed E-state index contributed by atoms with van der Waals surface area (Å²) < 4.78 is 7.49. The molecule has 0 saturated carbocycles. The highest BCUT2D eigenvalue weighted by Crippen LogP contribution is 2.37. The van der Waals surface area contributed by atoms with Crippen molar-refractivity contribution in [3.05, 3.63) is 36.7 Å². The van der Waals surface area contributed by atoms with E-state index in [0.717, 1.165) is 0 Å². The third kappa shape index (κ3) is 2.51. The van der Waals surface area contributed by atoms with E-state index in [2.05, 4.69) is 10.4 Å². The number of carbonyl (C=O) groups is 2. The molecule has 0 bridgehead atoms. The molecule has 1 atom stereocenters. The predicted octanol–water partition coefficient (Wildman–Crippen LogP) is 2.05. The van der Waals surface area contributed by atoms with E-state index in [4.69, 9.17) is 4.74 Å². The molecule has 1 aliphatic heterocycles. The fraction of sp³-hybridized carbons (Fsp3) is 0.353. The first-order valence-corrected chi connectivity index (χ1v) is 7.93. The molecular weight excluding hydrogens is 308 g/mol. The number of para-hydroxylation sites is 2. The molecule has 2 aromatic rings. The average molecular weight is 328 g/mol. The largest absolute Gasteiger partial charge is 0.465 e. The second-order valence-electron chi connectivity index (χ2n) is 5.69. The first kappa shape index (κ1) is 16.0. The number of amides is 2. The molecule has 1 unspecified atom stereocenters. The van der Waals surface area contributed by atoms with Crippen LogP contribution in [-0.4, -0.2) is 33.7 Å². The van der Waals surface area contributed by atoms with Crippen molar-refractivity contribution in [2.75, 3.05) is 16.8 Å². The van der Waals surface area contributed by atoms with Crippen LogP contribution in [0.4, 0.5) is 11.4 Å². The highest BCUT2D eigenvalue weighted by atomic mass is 16.5. The molecular formula is C17H20N4O3. The van der Waals surface area contributed by atoms with Crippen molar-refractivity contribution in [1.82, 2.24) is 9.78 Å². The number of benzene rings is 1. The van der Waals surface area contributed by atoms with Crippen LogP contribution in [0.5, 0.6) is 5.75 Å². The lowest BCUT2D eigenvalue weighted by Gasteiger charge is -2.39. The molecule has 3 rings (SSSR count). The van der Waals surface area contributed by atoms with Gasteiger partial charge in [-0.1, -0.05) is 12.1 Å². The van der Waals surface area contributed by atoms with Gasteiger partial charge in [-0.3, -0.25) is 14.3 Å². The molecule has 0 saturated heterocycles. The van der Waals surface area contributed by atoms with Gasteiger partial charge in [0.1, 0.15) is 5.75 Å². The van der Waals surface area contributed by atoms with Gasteiger partial charge in [0.15, 0.2) is 0 Å². The lowest BCUT2D eigenvalue weighted by Crippen LogP contribution is -2.60. The third-order valence-corrected chi connectivity index (χ3v) is 4.09. The fourth-order valence-electron chi connectivity index (χ4n) is 2.71. The molecule has 1 N–H and O–H groups in total. The van der Waals surface area contributed by atoms with Gasteiger partial charge >= 0.3 is 0 Å². The van der Waals surface area contributed by atoms with Crippen molar-refractivity contribution in [2.24, 2.45) is 0 Å². The summed E-state index contributed by atoms with van der Waals surface area (Å²) >= 11 is 0. The highest BCUT2D eigenvalue weighted by Gasteiger charge is 2.50. The Kier molecular flexibility index (Phi) is 4.01. The van der Waals surface area contributed by atoms with E-state index >= 15 is 0 Å². The van der Waals surface area contributed by atoms with Crippen LogP contribution in [0.3, 0.4) is 0 Å². The van der Waals surface area contributed by atoms with E-state index in [0.29, 0.717) is 30.2 Å². The molecule has 0 spiro atoms.